The van der Waals surface area contributed by atoms with Crippen molar-refractivity contribution in [1.82, 2.24) is 14.1 Å². The van der Waals surface area contributed by atoms with Gasteiger partial charge in [-0.2, -0.15) is 4.31 Å². The second kappa shape index (κ2) is 11.5. The summed E-state index contributed by atoms with van der Waals surface area (Å²) in [5.74, 6) is 0.631. The monoisotopic (exact) mass is 573 g/mol. The Bertz CT molecular complexity index is 1190. The highest BCUT2D eigenvalue weighted by Crippen LogP contribution is 2.39. The Balaban J connectivity index is 1.59. The Hall–Kier alpha value is -1.55. The number of halogens is 3. The van der Waals surface area contributed by atoms with Crippen LogP contribution in [0.5, 0.6) is 5.75 Å². The summed E-state index contributed by atoms with van der Waals surface area (Å²) in [5.41, 5.74) is -0.698. The molecule has 4 rings (SSSR count). The Morgan fingerprint density at radius 1 is 1.00 bits per heavy atom. The summed E-state index contributed by atoms with van der Waals surface area (Å²) in [4.78, 5) is 17.4. The van der Waals surface area contributed by atoms with Crippen molar-refractivity contribution >= 4 is 50.7 Å². The van der Waals surface area contributed by atoms with E-state index in [1.165, 1.54) is 10.4 Å². The first-order valence-corrected chi connectivity index (χ1v) is 14.5. The molecule has 0 N–H and O–H groups in total. The molecule has 2 heterocycles. The van der Waals surface area contributed by atoms with Crippen LogP contribution in [0.25, 0.3) is 0 Å². The van der Waals surface area contributed by atoms with E-state index in [2.05, 4.69) is 4.90 Å². The number of rotatable bonds is 7. The van der Waals surface area contributed by atoms with Gasteiger partial charge in [0, 0.05) is 56.1 Å². The van der Waals surface area contributed by atoms with Crippen LogP contribution in [0.1, 0.15) is 19.3 Å². The highest BCUT2D eigenvalue weighted by molar-refractivity contribution is 7.89. The van der Waals surface area contributed by atoms with Gasteiger partial charge in [0.1, 0.15) is 10.6 Å². The fraction of sp³-hybridized carbons (Fsp3) is 0.480. The number of benzene rings is 2. The van der Waals surface area contributed by atoms with Crippen molar-refractivity contribution < 1.29 is 17.9 Å². The van der Waals surface area contributed by atoms with Gasteiger partial charge in [-0.1, -0.05) is 40.9 Å². The quantitative estimate of drug-likeness (QED) is 0.481. The molecule has 0 unspecified atom stereocenters. The smallest absolute Gasteiger partial charge is 0.244 e. The molecule has 7 nitrogen and oxygen atoms in total. The number of sulfonamides is 1. The molecule has 0 bridgehead atoms. The van der Waals surface area contributed by atoms with Crippen molar-refractivity contribution in [2.45, 2.75) is 24.2 Å². The van der Waals surface area contributed by atoms with E-state index in [1.54, 1.807) is 36.4 Å². The molecule has 0 saturated carbocycles. The van der Waals surface area contributed by atoms with Crippen LogP contribution in [-0.4, -0.2) is 81.4 Å². The average Bonchev–Trinajstić information content (AvgIpc) is 2.86. The number of amides is 1. The molecule has 2 aromatic carbocycles. The highest BCUT2D eigenvalue weighted by Gasteiger charge is 2.43. The molecule has 196 valence electrons. The van der Waals surface area contributed by atoms with Crippen molar-refractivity contribution in [1.29, 1.82) is 0 Å². The van der Waals surface area contributed by atoms with Crippen LogP contribution in [0.3, 0.4) is 0 Å². The molecule has 11 heteroatoms. The molecule has 2 saturated heterocycles. The summed E-state index contributed by atoms with van der Waals surface area (Å²) >= 11 is 18.4. The Labute approximate surface area is 227 Å². The van der Waals surface area contributed by atoms with Crippen LogP contribution in [0.2, 0.25) is 15.1 Å². The van der Waals surface area contributed by atoms with E-state index in [0.29, 0.717) is 43.2 Å². The standard InChI is InChI=1S/C25H30Cl3N3O4S/c1-29-12-14-30(15-13-29)23(32)16-25(18-35-20-8-6-19(26)7-9-20)10-3-11-31(17-25)36(33,34)22-5-2-4-21(27)24(22)28/h2,4-9H,3,10-18H2,1H3/t25-/m1/s1. The Morgan fingerprint density at radius 3 is 2.39 bits per heavy atom. The van der Waals surface area contributed by atoms with Gasteiger partial charge in [0.15, 0.2) is 0 Å². The predicted molar refractivity (Wildman–Crippen MR) is 143 cm³/mol. The molecule has 2 aliphatic rings. The van der Waals surface area contributed by atoms with E-state index in [4.69, 9.17) is 39.5 Å². The van der Waals surface area contributed by atoms with Crippen molar-refractivity contribution in [3.8, 4) is 5.75 Å². The van der Waals surface area contributed by atoms with Gasteiger partial charge in [0.05, 0.1) is 16.7 Å². The lowest BCUT2D eigenvalue weighted by molar-refractivity contribution is -0.136. The van der Waals surface area contributed by atoms with Crippen LogP contribution in [0, 0.1) is 5.41 Å². The third kappa shape index (κ3) is 6.29. The Morgan fingerprint density at radius 2 is 1.69 bits per heavy atom. The summed E-state index contributed by atoms with van der Waals surface area (Å²) in [6, 6.07) is 11.6. The van der Waals surface area contributed by atoms with E-state index in [-0.39, 0.29) is 40.4 Å². The van der Waals surface area contributed by atoms with Crippen LogP contribution in [0.15, 0.2) is 47.4 Å². The summed E-state index contributed by atoms with van der Waals surface area (Å²) in [5, 5.41) is 0.772. The lowest BCUT2D eigenvalue weighted by atomic mass is 9.78. The fourth-order valence-electron chi connectivity index (χ4n) is 4.76. The first kappa shape index (κ1) is 27.5. The number of hydrogen-bond acceptors (Lipinski definition) is 5. The highest BCUT2D eigenvalue weighted by atomic mass is 35.5. The fourth-order valence-corrected chi connectivity index (χ4v) is 7.21. The largest absolute Gasteiger partial charge is 0.493 e. The topological polar surface area (TPSA) is 70.2 Å². The lowest BCUT2D eigenvalue weighted by Gasteiger charge is -2.43. The Kier molecular flexibility index (Phi) is 8.75. The molecule has 0 aliphatic carbocycles. The average molecular weight is 575 g/mol. The van der Waals surface area contributed by atoms with Gasteiger partial charge in [0.25, 0.3) is 0 Å². The van der Waals surface area contributed by atoms with Crippen molar-refractivity contribution in [2.75, 3.05) is 52.9 Å². The minimum atomic E-state index is -3.93. The van der Waals surface area contributed by atoms with Gasteiger partial charge in [-0.25, -0.2) is 8.42 Å². The van der Waals surface area contributed by atoms with Gasteiger partial charge in [0.2, 0.25) is 15.9 Å². The van der Waals surface area contributed by atoms with Crippen LogP contribution < -0.4 is 4.74 Å². The zero-order valence-electron chi connectivity index (χ0n) is 20.1. The normalized spacial score (nSPS) is 21.9. The second-order valence-electron chi connectivity index (χ2n) is 9.60. The molecular formula is C25H30Cl3N3O4S. The number of piperidine rings is 1. The summed E-state index contributed by atoms with van der Waals surface area (Å²) < 4.78 is 34.7. The number of likely N-dealkylation sites (N-methyl/N-ethyl adjacent to an activating group) is 1. The van der Waals surface area contributed by atoms with Crippen molar-refractivity contribution in [3.05, 3.63) is 57.5 Å². The molecule has 1 atom stereocenters. The lowest BCUT2D eigenvalue weighted by Crippen LogP contribution is -2.53. The van der Waals surface area contributed by atoms with Gasteiger partial charge < -0.3 is 14.5 Å². The maximum atomic E-state index is 13.6. The molecule has 0 aromatic heterocycles. The minimum absolute atomic E-state index is 0.00117. The number of ether oxygens (including phenoxy) is 1. The molecule has 2 fully saturated rings. The van der Waals surface area contributed by atoms with Crippen molar-refractivity contribution in [3.63, 3.8) is 0 Å². The molecule has 2 aromatic rings. The number of carbonyl (C=O) groups is 1. The zero-order chi connectivity index (χ0) is 25.9. The number of carbonyl (C=O) groups excluding carboxylic acids is 1. The first-order chi connectivity index (χ1) is 17.1. The zero-order valence-corrected chi connectivity index (χ0v) is 23.2. The van der Waals surface area contributed by atoms with E-state index in [1.807, 2.05) is 11.9 Å². The predicted octanol–water partition coefficient (Wildman–Crippen LogP) is 4.66. The van der Waals surface area contributed by atoms with Gasteiger partial charge in [-0.05, 0) is 56.3 Å². The molecular weight excluding hydrogens is 545 g/mol. The van der Waals surface area contributed by atoms with Crippen LogP contribution >= 0.6 is 34.8 Å². The molecule has 0 radical (unpaired) electrons. The van der Waals surface area contributed by atoms with Gasteiger partial charge >= 0.3 is 0 Å². The van der Waals surface area contributed by atoms with Gasteiger partial charge in [-0.3, -0.25) is 4.79 Å². The van der Waals surface area contributed by atoms with E-state index in [9.17, 15) is 13.2 Å². The van der Waals surface area contributed by atoms with Gasteiger partial charge in [-0.15, -0.1) is 0 Å². The molecule has 2 aliphatic heterocycles. The number of hydrogen-bond donors (Lipinski definition) is 0. The summed E-state index contributed by atoms with van der Waals surface area (Å²) in [6.45, 7) is 3.61. The SMILES string of the molecule is CN1CCN(C(=O)C[C@]2(COc3ccc(Cl)cc3)CCCN(S(=O)(=O)c3cccc(Cl)c3Cl)C2)CC1. The van der Waals surface area contributed by atoms with Crippen LogP contribution in [-0.2, 0) is 14.8 Å². The molecule has 36 heavy (non-hydrogen) atoms. The van der Waals surface area contributed by atoms with Crippen LogP contribution in [0.4, 0.5) is 0 Å². The molecule has 1 amide bonds. The summed E-state index contributed by atoms with van der Waals surface area (Å²) in [7, 11) is -1.89. The third-order valence-corrected chi connectivity index (χ3v) is 9.97. The van der Waals surface area contributed by atoms with E-state index < -0.39 is 15.4 Å². The second-order valence-corrected chi connectivity index (χ2v) is 12.7. The third-order valence-electron chi connectivity index (χ3n) is 6.90. The van der Waals surface area contributed by atoms with Crippen molar-refractivity contribution in [2.24, 2.45) is 5.41 Å². The number of piperazine rings is 1. The number of nitrogens with zero attached hydrogens (tertiary/aromatic N) is 3. The maximum absolute atomic E-state index is 13.6. The summed E-state index contributed by atoms with van der Waals surface area (Å²) in [6.07, 6.45) is 1.45. The maximum Gasteiger partial charge on any atom is 0.244 e. The molecule has 0 spiro atoms. The minimum Gasteiger partial charge on any atom is -0.493 e. The first-order valence-electron chi connectivity index (χ1n) is 11.9. The van der Waals surface area contributed by atoms with E-state index in [0.717, 1.165) is 13.1 Å². The van der Waals surface area contributed by atoms with E-state index >= 15 is 0 Å².